The molecule has 1 saturated carbocycles. The Labute approximate surface area is 122 Å². The van der Waals surface area contributed by atoms with Crippen LogP contribution in [0.25, 0.3) is 0 Å². The Morgan fingerprint density at radius 3 is 2.40 bits per heavy atom. The Morgan fingerprint density at radius 1 is 1.30 bits per heavy atom. The molecule has 1 rings (SSSR count). The summed E-state index contributed by atoms with van der Waals surface area (Å²) in [7, 11) is 0. The van der Waals surface area contributed by atoms with Crippen LogP contribution in [-0.2, 0) is 9.59 Å². The second-order valence-corrected chi connectivity index (χ2v) is 6.91. The minimum Gasteiger partial charge on any atom is -0.480 e. The maximum absolute atomic E-state index is 12.1. The summed E-state index contributed by atoms with van der Waals surface area (Å²) in [6, 6.07) is 0. The summed E-state index contributed by atoms with van der Waals surface area (Å²) >= 11 is 0. The third kappa shape index (κ3) is 5.51. The monoisotopic (exact) mass is 283 g/mol. The van der Waals surface area contributed by atoms with Gasteiger partial charge >= 0.3 is 5.97 Å². The van der Waals surface area contributed by atoms with Gasteiger partial charge in [-0.05, 0) is 37.5 Å². The molecule has 4 heteroatoms. The first-order valence-corrected chi connectivity index (χ1v) is 7.83. The number of amides is 1. The number of rotatable bonds is 7. The van der Waals surface area contributed by atoms with Gasteiger partial charge < -0.3 is 10.4 Å². The molecule has 0 unspecified atom stereocenters. The summed E-state index contributed by atoms with van der Waals surface area (Å²) in [6.45, 7) is 6.20. The predicted molar refractivity (Wildman–Crippen MR) is 79.4 cm³/mol. The van der Waals surface area contributed by atoms with Crippen LogP contribution in [0.15, 0.2) is 0 Å². The zero-order valence-electron chi connectivity index (χ0n) is 13.1. The summed E-state index contributed by atoms with van der Waals surface area (Å²) in [5.41, 5.74) is -0.371. The van der Waals surface area contributed by atoms with Gasteiger partial charge in [-0.15, -0.1) is 0 Å². The van der Waals surface area contributed by atoms with E-state index in [1.807, 2.05) is 6.92 Å². The molecule has 0 aromatic heterocycles. The molecule has 0 atom stereocenters. The third-order valence-electron chi connectivity index (χ3n) is 4.55. The first-order valence-electron chi connectivity index (χ1n) is 7.83. The lowest BCUT2D eigenvalue weighted by atomic mass is 9.70. The number of carboxylic acids is 1. The molecule has 0 saturated heterocycles. The molecule has 0 radical (unpaired) electrons. The summed E-state index contributed by atoms with van der Waals surface area (Å²) in [6.07, 6.45) is 7.78. The van der Waals surface area contributed by atoms with Gasteiger partial charge in [0.15, 0.2) is 0 Å². The van der Waals surface area contributed by atoms with E-state index in [4.69, 9.17) is 5.11 Å². The predicted octanol–water partition coefficient (Wildman–Crippen LogP) is 3.21. The Balaban J connectivity index is 2.32. The van der Waals surface area contributed by atoms with E-state index >= 15 is 0 Å². The van der Waals surface area contributed by atoms with Crippen LogP contribution < -0.4 is 5.32 Å². The van der Waals surface area contributed by atoms with Crippen molar-refractivity contribution in [1.82, 2.24) is 5.32 Å². The molecule has 0 aromatic carbocycles. The van der Waals surface area contributed by atoms with Gasteiger partial charge in [0.05, 0.1) is 0 Å². The van der Waals surface area contributed by atoms with Crippen LogP contribution in [0.2, 0.25) is 0 Å². The van der Waals surface area contributed by atoms with Crippen molar-refractivity contribution in [2.75, 3.05) is 6.54 Å². The van der Waals surface area contributed by atoms with Gasteiger partial charge in [0.25, 0.3) is 0 Å². The van der Waals surface area contributed by atoms with Crippen LogP contribution in [0.1, 0.15) is 65.7 Å². The fourth-order valence-electron chi connectivity index (χ4n) is 3.01. The number of nitrogens with one attached hydrogen (secondary N) is 1. The molecule has 20 heavy (non-hydrogen) atoms. The van der Waals surface area contributed by atoms with Crippen molar-refractivity contribution < 1.29 is 14.7 Å². The van der Waals surface area contributed by atoms with Crippen LogP contribution in [0.3, 0.4) is 0 Å². The van der Waals surface area contributed by atoms with Gasteiger partial charge in [-0.3, -0.25) is 9.59 Å². The summed E-state index contributed by atoms with van der Waals surface area (Å²) in [5, 5.41) is 11.1. The smallest absolute Gasteiger partial charge is 0.322 e. The topological polar surface area (TPSA) is 66.4 Å². The molecule has 0 bridgehead atoms. The Kier molecular flexibility index (Phi) is 6.50. The van der Waals surface area contributed by atoms with Crippen molar-refractivity contribution in [3.8, 4) is 0 Å². The molecule has 0 aliphatic heterocycles. The third-order valence-corrected chi connectivity index (χ3v) is 4.55. The van der Waals surface area contributed by atoms with Crippen LogP contribution in [0.4, 0.5) is 0 Å². The highest BCUT2D eigenvalue weighted by atomic mass is 16.4. The number of carbonyl (C=O) groups is 2. The lowest BCUT2D eigenvalue weighted by Gasteiger charge is -2.36. The Morgan fingerprint density at radius 2 is 1.90 bits per heavy atom. The highest BCUT2D eigenvalue weighted by molar-refractivity contribution is 5.85. The fraction of sp³-hybridized carbons (Fsp3) is 0.875. The molecule has 1 aliphatic carbocycles. The van der Waals surface area contributed by atoms with E-state index in [0.29, 0.717) is 0 Å². The molecule has 0 heterocycles. The number of carboxylic acid groups (broad SMARTS) is 1. The van der Waals surface area contributed by atoms with Gasteiger partial charge in [-0.1, -0.05) is 40.0 Å². The average molecular weight is 283 g/mol. The summed E-state index contributed by atoms with van der Waals surface area (Å²) < 4.78 is 0. The van der Waals surface area contributed by atoms with Gasteiger partial charge in [0.1, 0.15) is 6.54 Å². The summed E-state index contributed by atoms with van der Waals surface area (Å²) in [5.74, 6) is 0.435. The number of hydrogen-bond donors (Lipinski definition) is 2. The molecule has 0 spiro atoms. The first-order chi connectivity index (χ1) is 9.33. The van der Waals surface area contributed by atoms with Gasteiger partial charge in [0, 0.05) is 5.41 Å². The molecule has 116 valence electrons. The summed E-state index contributed by atoms with van der Waals surface area (Å²) in [4.78, 5) is 22.6. The van der Waals surface area contributed by atoms with Crippen molar-refractivity contribution in [3.05, 3.63) is 0 Å². The van der Waals surface area contributed by atoms with Crippen LogP contribution in [0.5, 0.6) is 0 Å². The number of aliphatic carboxylic acids is 1. The van der Waals surface area contributed by atoms with E-state index < -0.39 is 5.97 Å². The highest BCUT2D eigenvalue weighted by Crippen LogP contribution is 2.40. The minimum atomic E-state index is -0.982. The van der Waals surface area contributed by atoms with Crippen molar-refractivity contribution in [2.45, 2.75) is 65.7 Å². The molecule has 1 amide bonds. The quantitative estimate of drug-likeness (QED) is 0.754. The second-order valence-electron chi connectivity index (χ2n) is 6.91. The van der Waals surface area contributed by atoms with Gasteiger partial charge in [0.2, 0.25) is 5.91 Å². The van der Waals surface area contributed by atoms with Crippen LogP contribution >= 0.6 is 0 Å². The van der Waals surface area contributed by atoms with Crippen molar-refractivity contribution >= 4 is 11.9 Å². The minimum absolute atomic E-state index is 0.0967. The van der Waals surface area contributed by atoms with Crippen LogP contribution in [0, 0.1) is 17.3 Å². The first kappa shape index (κ1) is 17.0. The van der Waals surface area contributed by atoms with E-state index in [0.717, 1.165) is 37.5 Å². The van der Waals surface area contributed by atoms with Crippen molar-refractivity contribution in [1.29, 1.82) is 0 Å². The molecular weight excluding hydrogens is 254 g/mol. The molecule has 2 N–H and O–H groups in total. The number of hydrogen-bond acceptors (Lipinski definition) is 2. The maximum atomic E-state index is 12.1. The van der Waals surface area contributed by atoms with E-state index in [-0.39, 0.29) is 17.9 Å². The normalized spacial score (nSPS) is 26.5. The van der Waals surface area contributed by atoms with E-state index in [2.05, 4.69) is 19.2 Å². The Bertz CT molecular complexity index is 331. The van der Waals surface area contributed by atoms with E-state index in [1.54, 1.807) is 0 Å². The zero-order valence-corrected chi connectivity index (χ0v) is 13.1. The molecule has 4 nitrogen and oxygen atoms in total. The number of carbonyl (C=O) groups excluding carboxylic acids is 1. The zero-order chi connectivity index (χ0) is 15.2. The molecule has 0 aromatic rings. The lowest BCUT2D eigenvalue weighted by molar-refractivity contribution is -0.140. The van der Waals surface area contributed by atoms with E-state index in [9.17, 15) is 9.59 Å². The Hall–Kier alpha value is -1.06. The van der Waals surface area contributed by atoms with Crippen LogP contribution in [-0.4, -0.2) is 23.5 Å². The fourth-order valence-corrected chi connectivity index (χ4v) is 3.01. The van der Waals surface area contributed by atoms with E-state index in [1.165, 1.54) is 19.3 Å². The van der Waals surface area contributed by atoms with Gasteiger partial charge in [-0.2, -0.15) is 0 Å². The lowest BCUT2D eigenvalue weighted by Crippen LogP contribution is -2.43. The second kappa shape index (κ2) is 7.65. The SMILES string of the molecule is CC(C)CCC[C@H]1CC[C@](C)(C(=O)NCC(=O)O)CC1. The highest BCUT2D eigenvalue weighted by Gasteiger charge is 2.37. The molecule has 1 fully saturated rings. The average Bonchev–Trinajstić information content (AvgIpc) is 2.38. The van der Waals surface area contributed by atoms with Crippen molar-refractivity contribution in [3.63, 3.8) is 0 Å². The van der Waals surface area contributed by atoms with Crippen molar-refractivity contribution in [2.24, 2.45) is 17.3 Å². The molecule has 1 aliphatic rings. The largest absolute Gasteiger partial charge is 0.480 e. The molecular formula is C16H29NO3. The maximum Gasteiger partial charge on any atom is 0.322 e. The van der Waals surface area contributed by atoms with Gasteiger partial charge in [-0.25, -0.2) is 0 Å². The standard InChI is InChI=1S/C16H29NO3/c1-12(2)5-4-6-13-7-9-16(3,10-8-13)15(20)17-11-14(18)19/h12-13H,4-11H2,1-3H3,(H,17,20)(H,18,19)/t13-,16-.